The van der Waals surface area contributed by atoms with Gasteiger partial charge in [-0.1, -0.05) is 48.9 Å². The van der Waals surface area contributed by atoms with Gasteiger partial charge in [-0.15, -0.1) is 0 Å². The summed E-state index contributed by atoms with van der Waals surface area (Å²) in [5, 5.41) is 3.13. The lowest BCUT2D eigenvalue weighted by Crippen LogP contribution is -2.39. The van der Waals surface area contributed by atoms with Gasteiger partial charge < -0.3 is 16.8 Å². The second kappa shape index (κ2) is 9.20. The van der Waals surface area contributed by atoms with Gasteiger partial charge in [-0.05, 0) is 30.0 Å². The highest BCUT2D eigenvalue weighted by atomic mass is 35.5. The molecule has 1 unspecified atom stereocenters. The van der Waals surface area contributed by atoms with E-state index in [4.69, 9.17) is 23.1 Å². The maximum absolute atomic E-state index is 12.4. The third kappa shape index (κ3) is 5.46. The first-order valence-corrected chi connectivity index (χ1v) is 8.77. The van der Waals surface area contributed by atoms with Crippen LogP contribution in [-0.2, 0) is 22.6 Å². The van der Waals surface area contributed by atoms with Gasteiger partial charge in [-0.3, -0.25) is 9.59 Å². The average Bonchev–Trinajstić information content (AvgIpc) is 2.63. The fourth-order valence-electron chi connectivity index (χ4n) is 2.72. The van der Waals surface area contributed by atoms with Crippen molar-refractivity contribution in [1.82, 2.24) is 10.3 Å². The smallest absolute Gasteiger partial charge is 0.223 e. The molecule has 26 heavy (non-hydrogen) atoms. The molecular weight excluding hydrogens is 352 g/mol. The Morgan fingerprint density at radius 2 is 1.92 bits per heavy atom. The highest BCUT2D eigenvalue weighted by molar-refractivity contribution is 6.32. The lowest BCUT2D eigenvalue weighted by atomic mass is 9.87. The summed E-state index contributed by atoms with van der Waals surface area (Å²) in [6.45, 7) is 1.96. The molecule has 6 nitrogen and oxygen atoms in total. The largest absolute Gasteiger partial charge is 0.382 e. The minimum atomic E-state index is -0.539. The van der Waals surface area contributed by atoms with Gasteiger partial charge in [0, 0.05) is 24.6 Å². The van der Waals surface area contributed by atoms with E-state index in [0.717, 1.165) is 11.1 Å². The Labute approximate surface area is 157 Å². The highest BCUT2D eigenvalue weighted by Crippen LogP contribution is 2.20. The van der Waals surface area contributed by atoms with Crippen LogP contribution in [0.4, 0.5) is 5.82 Å². The van der Waals surface area contributed by atoms with Crippen LogP contribution in [0.1, 0.15) is 24.5 Å². The molecule has 2 aromatic rings. The maximum Gasteiger partial charge on any atom is 0.223 e. The summed E-state index contributed by atoms with van der Waals surface area (Å²) in [7, 11) is 0. The van der Waals surface area contributed by atoms with Crippen molar-refractivity contribution in [2.45, 2.75) is 26.3 Å². The molecule has 1 heterocycles. The molecule has 0 saturated carbocycles. The van der Waals surface area contributed by atoms with E-state index in [1.165, 1.54) is 0 Å². The number of benzene rings is 1. The molecule has 0 aliphatic rings. The molecule has 0 aliphatic heterocycles. The van der Waals surface area contributed by atoms with Crippen LogP contribution in [-0.4, -0.2) is 16.8 Å². The van der Waals surface area contributed by atoms with E-state index < -0.39 is 17.7 Å². The van der Waals surface area contributed by atoms with Crippen LogP contribution in [0.15, 0.2) is 42.6 Å². The number of carbonyl (C=O) groups is 2. The fourth-order valence-corrected chi connectivity index (χ4v) is 2.91. The van der Waals surface area contributed by atoms with Gasteiger partial charge in [0.25, 0.3) is 0 Å². The van der Waals surface area contributed by atoms with Gasteiger partial charge in [0.1, 0.15) is 5.82 Å². The summed E-state index contributed by atoms with van der Waals surface area (Å²) in [5.74, 6) is -1.54. The number of nitrogens with two attached hydrogens (primary N) is 2. The Morgan fingerprint density at radius 3 is 2.54 bits per heavy atom. The number of nitrogens with one attached hydrogen (secondary N) is 1. The third-order valence-corrected chi connectivity index (χ3v) is 4.67. The van der Waals surface area contributed by atoms with Gasteiger partial charge >= 0.3 is 0 Å². The van der Waals surface area contributed by atoms with Crippen LogP contribution >= 0.6 is 11.6 Å². The number of amides is 2. The Morgan fingerprint density at radius 1 is 1.23 bits per heavy atom. The summed E-state index contributed by atoms with van der Waals surface area (Å²) in [5.41, 5.74) is 12.9. The van der Waals surface area contributed by atoms with Gasteiger partial charge in [-0.25, -0.2) is 4.98 Å². The first-order valence-electron chi connectivity index (χ1n) is 8.39. The van der Waals surface area contributed by atoms with E-state index in [9.17, 15) is 9.59 Å². The quantitative estimate of drug-likeness (QED) is 0.658. The lowest BCUT2D eigenvalue weighted by molar-refractivity contribution is -0.133. The SMILES string of the molecule is C[C@H](C(=O)NCc1cnc(N)c(Cl)c1)C(CCc1ccccc1)C(N)=O. The maximum atomic E-state index is 12.4. The third-order valence-electron chi connectivity index (χ3n) is 4.36. The zero-order valence-electron chi connectivity index (χ0n) is 14.6. The second-order valence-electron chi connectivity index (χ2n) is 6.25. The van der Waals surface area contributed by atoms with Crippen LogP contribution < -0.4 is 16.8 Å². The van der Waals surface area contributed by atoms with Crippen molar-refractivity contribution in [2.75, 3.05) is 5.73 Å². The molecule has 2 amide bonds. The van der Waals surface area contributed by atoms with Gasteiger partial charge in [-0.2, -0.15) is 0 Å². The lowest BCUT2D eigenvalue weighted by Gasteiger charge is -2.20. The van der Waals surface area contributed by atoms with E-state index in [0.29, 0.717) is 17.9 Å². The van der Waals surface area contributed by atoms with Crippen molar-refractivity contribution in [3.63, 3.8) is 0 Å². The Bertz CT molecular complexity index is 767. The molecule has 5 N–H and O–H groups in total. The number of aryl methyl sites for hydroxylation is 1. The number of rotatable bonds is 8. The highest BCUT2D eigenvalue weighted by Gasteiger charge is 2.28. The fraction of sp³-hybridized carbons (Fsp3) is 0.316. The van der Waals surface area contributed by atoms with E-state index in [2.05, 4.69) is 10.3 Å². The van der Waals surface area contributed by atoms with Crippen molar-refractivity contribution in [1.29, 1.82) is 0 Å². The first-order chi connectivity index (χ1) is 12.4. The number of nitrogens with zero attached hydrogens (tertiary/aromatic N) is 1. The van der Waals surface area contributed by atoms with Crippen LogP contribution in [0, 0.1) is 11.8 Å². The van der Waals surface area contributed by atoms with E-state index >= 15 is 0 Å². The van der Waals surface area contributed by atoms with Gasteiger partial charge in [0.2, 0.25) is 11.8 Å². The number of carbonyl (C=O) groups excluding carboxylic acids is 2. The van der Waals surface area contributed by atoms with Crippen LogP contribution in [0.3, 0.4) is 0 Å². The molecule has 7 heteroatoms. The van der Waals surface area contributed by atoms with Crippen LogP contribution in [0.2, 0.25) is 5.02 Å². The number of pyridine rings is 1. The molecule has 0 fully saturated rings. The number of nitrogen functional groups attached to an aromatic ring is 1. The number of halogens is 1. The van der Waals surface area contributed by atoms with Crippen molar-refractivity contribution in [3.05, 3.63) is 58.7 Å². The molecule has 0 aliphatic carbocycles. The Balaban J connectivity index is 1.94. The first kappa shape index (κ1) is 19.7. The summed E-state index contributed by atoms with van der Waals surface area (Å²) in [4.78, 5) is 28.2. The molecule has 0 radical (unpaired) electrons. The molecule has 1 aromatic heterocycles. The van der Waals surface area contributed by atoms with E-state index in [1.54, 1.807) is 19.2 Å². The Hall–Kier alpha value is -2.60. The molecular formula is C19H23ClN4O2. The molecule has 0 spiro atoms. The summed E-state index contributed by atoms with van der Waals surface area (Å²) in [6, 6.07) is 11.4. The monoisotopic (exact) mass is 374 g/mol. The van der Waals surface area contributed by atoms with E-state index in [-0.39, 0.29) is 18.3 Å². The molecule has 0 bridgehead atoms. The van der Waals surface area contributed by atoms with Gasteiger partial charge in [0.05, 0.1) is 5.02 Å². The molecule has 1 aromatic carbocycles. The standard InChI is InChI=1S/C19H23ClN4O2/c1-12(15(18(22)25)8-7-13-5-3-2-4-6-13)19(26)24-11-14-9-16(20)17(21)23-10-14/h2-6,9-10,12,15H,7-8,11H2,1H3,(H2,21,23)(H2,22,25)(H,24,26)/t12-,15?/m0/s1. The topological polar surface area (TPSA) is 111 Å². The number of hydrogen-bond donors (Lipinski definition) is 3. The Kier molecular flexibility index (Phi) is 6.97. The summed E-state index contributed by atoms with van der Waals surface area (Å²) in [6.07, 6.45) is 2.75. The molecule has 2 atom stereocenters. The number of aromatic nitrogens is 1. The van der Waals surface area contributed by atoms with E-state index in [1.807, 2.05) is 30.3 Å². The number of anilines is 1. The van der Waals surface area contributed by atoms with Crippen molar-refractivity contribution in [3.8, 4) is 0 Å². The molecule has 0 saturated heterocycles. The van der Waals surface area contributed by atoms with Crippen LogP contribution in [0.5, 0.6) is 0 Å². The normalized spacial score (nSPS) is 13.0. The predicted molar refractivity (Wildman–Crippen MR) is 102 cm³/mol. The molecule has 2 rings (SSSR count). The minimum absolute atomic E-state index is 0.241. The minimum Gasteiger partial charge on any atom is -0.382 e. The second-order valence-corrected chi connectivity index (χ2v) is 6.66. The number of hydrogen-bond acceptors (Lipinski definition) is 4. The summed E-state index contributed by atoms with van der Waals surface area (Å²) < 4.78 is 0. The predicted octanol–water partition coefficient (Wildman–Crippen LogP) is 2.30. The van der Waals surface area contributed by atoms with Crippen molar-refractivity contribution < 1.29 is 9.59 Å². The van der Waals surface area contributed by atoms with Crippen LogP contribution in [0.25, 0.3) is 0 Å². The van der Waals surface area contributed by atoms with Gasteiger partial charge in [0.15, 0.2) is 0 Å². The average molecular weight is 375 g/mol. The zero-order chi connectivity index (χ0) is 19.1. The number of primary amides is 1. The summed E-state index contributed by atoms with van der Waals surface area (Å²) >= 11 is 5.92. The van der Waals surface area contributed by atoms with Crippen molar-refractivity contribution >= 4 is 29.2 Å². The zero-order valence-corrected chi connectivity index (χ0v) is 15.4. The van der Waals surface area contributed by atoms with Crippen molar-refractivity contribution in [2.24, 2.45) is 17.6 Å². The molecule has 138 valence electrons.